The van der Waals surface area contributed by atoms with Crippen LogP contribution in [-0.2, 0) is 13.1 Å². The molecule has 1 aliphatic rings. The Hall–Kier alpha value is -3.01. The lowest BCUT2D eigenvalue weighted by atomic mass is 10.2. The second kappa shape index (κ2) is 6.95. The number of hydrazine groups is 2. The molecule has 27 heavy (non-hydrogen) atoms. The molecule has 4 rings (SSSR count). The summed E-state index contributed by atoms with van der Waals surface area (Å²) in [5, 5.41) is 11.9. The first-order chi connectivity index (χ1) is 13.0. The van der Waals surface area contributed by atoms with Gasteiger partial charge in [0.15, 0.2) is 0 Å². The molecule has 2 aromatic carbocycles. The van der Waals surface area contributed by atoms with Gasteiger partial charge >= 0.3 is 5.69 Å². The van der Waals surface area contributed by atoms with E-state index in [0.717, 1.165) is 10.1 Å². The second-order valence-corrected chi connectivity index (χ2v) is 6.51. The summed E-state index contributed by atoms with van der Waals surface area (Å²) in [5.74, 6) is -0.426. The van der Waals surface area contributed by atoms with E-state index in [-0.39, 0.29) is 35.1 Å². The maximum atomic E-state index is 13.0. The van der Waals surface area contributed by atoms with Crippen LogP contribution in [0.5, 0.6) is 5.75 Å². The number of rotatable bonds is 4. The van der Waals surface area contributed by atoms with Gasteiger partial charge in [0.2, 0.25) is 0 Å². The Morgan fingerprint density at radius 3 is 2.70 bits per heavy atom. The van der Waals surface area contributed by atoms with Gasteiger partial charge < -0.3 is 10.1 Å². The number of para-hydroxylation sites is 1. The number of hydrogen-bond acceptors (Lipinski definition) is 6. The highest BCUT2D eigenvalue weighted by Gasteiger charge is 2.23. The zero-order chi connectivity index (χ0) is 19.0. The topological polar surface area (TPSA) is 102 Å². The Kier molecular flexibility index (Phi) is 4.48. The first kappa shape index (κ1) is 17.4. The minimum absolute atomic E-state index is 0.138. The van der Waals surface area contributed by atoms with E-state index in [9.17, 15) is 19.1 Å². The Morgan fingerprint density at radius 2 is 1.93 bits per heavy atom. The van der Waals surface area contributed by atoms with E-state index in [2.05, 4.69) is 15.9 Å². The highest BCUT2D eigenvalue weighted by atomic mass is 19.1. The summed E-state index contributed by atoms with van der Waals surface area (Å²) in [5.41, 5.74) is 6.08. The number of aromatic hydroxyl groups is 1. The van der Waals surface area contributed by atoms with Crippen LogP contribution in [-0.4, -0.2) is 32.3 Å². The van der Waals surface area contributed by atoms with Crippen molar-refractivity contribution in [2.75, 3.05) is 6.54 Å². The number of aromatic amines is 1. The van der Waals surface area contributed by atoms with Gasteiger partial charge in [0.1, 0.15) is 11.6 Å². The fourth-order valence-electron chi connectivity index (χ4n) is 3.21. The maximum Gasteiger partial charge on any atom is 0.328 e. The zero-order valence-electron chi connectivity index (χ0n) is 14.3. The van der Waals surface area contributed by atoms with Crippen molar-refractivity contribution in [2.24, 2.45) is 0 Å². The van der Waals surface area contributed by atoms with E-state index in [1.54, 1.807) is 24.3 Å². The molecule has 1 saturated heterocycles. The zero-order valence-corrected chi connectivity index (χ0v) is 14.3. The van der Waals surface area contributed by atoms with Crippen LogP contribution in [0.1, 0.15) is 5.56 Å². The number of fused-ring (bicyclic) bond motifs is 1. The third kappa shape index (κ3) is 3.47. The van der Waals surface area contributed by atoms with Crippen LogP contribution in [0.3, 0.4) is 0 Å². The molecular formula is C18H18FN5O3. The summed E-state index contributed by atoms with van der Waals surface area (Å²) in [7, 11) is 0. The standard InChI is InChI=1S/C18H18FN5O3/c19-12-6-4-11(5-7-12)8-23-9-13(21-22-23)10-24-17(26)14-2-1-3-15(25)16(14)20-18(24)27/h1-7,13,21-22,25H,8-10H2,(H,20,27). The molecule has 0 aliphatic carbocycles. The van der Waals surface area contributed by atoms with E-state index in [0.29, 0.717) is 13.1 Å². The van der Waals surface area contributed by atoms with E-state index in [1.165, 1.54) is 18.2 Å². The summed E-state index contributed by atoms with van der Waals surface area (Å²) < 4.78 is 14.1. The molecule has 2 heterocycles. The third-order valence-corrected chi connectivity index (χ3v) is 4.55. The summed E-state index contributed by atoms with van der Waals surface area (Å²) in [4.78, 5) is 27.5. The van der Waals surface area contributed by atoms with Gasteiger partial charge in [-0.05, 0) is 29.8 Å². The van der Waals surface area contributed by atoms with Crippen molar-refractivity contribution in [3.8, 4) is 5.75 Å². The predicted octanol–water partition coefficient (Wildman–Crippen LogP) is 0.428. The molecule has 0 spiro atoms. The van der Waals surface area contributed by atoms with Crippen molar-refractivity contribution in [2.45, 2.75) is 19.1 Å². The highest BCUT2D eigenvalue weighted by Crippen LogP contribution is 2.17. The van der Waals surface area contributed by atoms with Crippen LogP contribution in [0.2, 0.25) is 0 Å². The monoisotopic (exact) mass is 371 g/mol. The van der Waals surface area contributed by atoms with Gasteiger partial charge in [-0.15, -0.1) is 0 Å². The van der Waals surface area contributed by atoms with Gasteiger partial charge in [-0.1, -0.05) is 18.2 Å². The number of H-pyrrole nitrogens is 1. The third-order valence-electron chi connectivity index (χ3n) is 4.55. The summed E-state index contributed by atoms with van der Waals surface area (Å²) in [6, 6.07) is 10.6. The second-order valence-electron chi connectivity index (χ2n) is 6.51. The molecule has 9 heteroatoms. The lowest BCUT2D eigenvalue weighted by molar-refractivity contribution is 0.224. The van der Waals surface area contributed by atoms with E-state index >= 15 is 0 Å². The average Bonchev–Trinajstić information content (AvgIpc) is 3.09. The van der Waals surface area contributed by atoms with Gasteiger partial charge in [0.05, 0.1) is 16.9 Å². The number of hydrogen-bond donors (Lipinski definition) is 4. The molecule has 3 aromatic rings. The van der Waals surface area contributed by atoms with E-state index in [4.69, 9.17) is 0 Å². The van der Waals surface area contributed by atoms with Crippen molar-refractivity contribution < 1.29 is 9.50 Å². The molecule has 1 aliphatic heterocycles. The molecule has 0 bridgehead atoms. The summed E-state index contributed by atoms with van der Waals surface area (Å²) in [6.07, 6.45) is 0. The van der Waals surface area contributed by atoms with Crippen LogP contribution in [0.4, 0.5) is 4.39 Å². The van der Waals surface area contributed by atoms with Crippen molar-refractivity contribution in [3.05, 3.63) is 74.7 Å². The Labute approximate surface area is 152 Å². The molecule has 0 saturated carbocycles. The Bertz CT molecular complexity index is 1090. The van der Waals surface area contributed by atoms with Gasteiger partial charge in [-0.25, -0.2) is 19.6 Å². The fraction of sp³-hybridized carbons (Fsp3) is 0.222. The summed E-state index contributed by atoms with van der Waals surface area (Å²) in [6.45, 7) is 1.24. The predicted molar refractivity (Wildman–Crippen MR) is 97.4 cm³/mol. The Morgan fingerprint density at radius 1 is 1.15 bits per heavy atom. The van der Waals surface area contributed by atoms with E-state index in [1.807, 2.05) is 5.01 Å². The SMILES string of the molecule is O=c1[nH]c2c(O)cccc2c(=O)n1CC1CN(Cc2ccc(F)cc2)NN1. The lowest BCUT2D eigenvalue weighted by Crippen LogP contribution is -2.43. The fourth-order valence-corrected chi connectivity index (χ4v) is 3.21. The van der Waals surface area contributed by atoms with Crippen molar-refractivity contribution in [1.29, 1.82) is 0 Å². The van der Waals surface area contributed by atoms with Gasteiger partial charge in [0, 0.05) is 19.6 Å². The van der Waals surface area contributed by atoms with Gasteiger partial charge in [-0.3, -0.25) is 9.36 Å². The van der Waals surface area contributed by atoms with Crippen LogP contribution >= 0.6 is 0 Å². The van der Waals surface area contributed by atoms with Gasteiger partial charge in [0.25, 0.3) is 5.56 Å². The van der Waals surface area contributed by atoms with Crippen molar-refractivity contribution in [1.82, 2.24) is 25.5 Å². The van der Waals surface area contributed by atoms with Crippen LogP contribution in [0.15, 0.2) is 52.1 Å². The molecule has 1 atom stereocenters. The number of phenolic OH excluding ortho intramolecular Hbond substituents is 1. The molecule has 0 radical (unpaired) electrons. The van der Waals surface area contributed by atoms with Crippen LogP contribution in [0, 0.1) is 5.82 Å². The normalized spacial score (nSPS) is 17.6. The van der Waals surface area contributed by atoms with Crippen molar-refractivity contribution >= 4 is 10.9 Å². The number of nitrogens with zero attached hydrogens (tertiary/aromatic N) is 2. The van der Waals surface area contributed by atoms with Gasteiger partial charge in [-0.2, -0.15) is 5.53 Å². The summed E-state index contributed by atoms with van der Waals surface area (Å²) >= 11 is 0. The van der Waals surface area contributed by atoms with Crippen molar-refractivity contribution in [3.63, 3.8) is 0 Å². The number of aromatic nitrogens is 2. The molecule has 140 valence electrons. The molecule has 4 N–H and O–H groups in total. The minimum atomic E-state index is -0.576. The Balaban J connectivity index is 1.51. The first-order valence-corrected chi connectivity index (χ1v) is 8.46. The number of phenols is 1. The first-order valence-electron chi connectivity index (χ1n) is 8.46. The smallest absolute Gasteiger partial charge is 0.328 e. The van der Waals surface area contributed by atoms with E-state index < -0.39 is 11.2 Å². The number of nitrogens with one attached hydrogen (secondary N) is 3. The molecule has 1 unspecified atom stereocenters. The quantitative estimate of drug-likeness (QED) is 0.531. The molecule has 1 aromatic heterocycles. The molecular weight excluding hydrogens is 353 g/mol. The van der Waals surface area contributed by atoms with Crippen LogP contribution < -0.4 is 22.2 Å². The number of halogens is 1. The maximum absolute atomic E-state index is 13.0. The molecule has 0 amide bonds. The average molecular weight is 371 g/mol. The number of benzene rings is 2. The van der Waals surface area contributed by atoms with Crippen LogP contribution in [0.25, 0.3) is 10.9 Å². The molecule has 1 fully saturated rings. The lowest BCUT2D eigenvalue weighted by Gasteiger charge is -2.14. The minimum Gasteiger partial charge on any atom is -0.506 e. The highest BCUT2D eigenvalue weighted by molar-refractivity contribution is 5.82. The largest absolute Gasteiger partial charge is 0.506 e. The molecule has 8 nitrogen and oxygen atoms in total.